The molecular formula is C10H12FNO. The average Bonchev–Trinajstić information content (AvgIpc) is 2.61. The Labute approximate surface area is 76.7 Å². The lowest BCUT2D eigenvalue weighted by molar-refractivity contribution is 0.273. The second kappa shape index (κ2) is 3.64. The van der Waals surface area contributed by atoms with Crippen LogP contribution in [-0.2, 0) is 6.42 Å². The maximum atomic E-state index is 11.8. The summed E-state index contributed by atoms with van der Waals surface area (Å²) in [6.45, 7) is 0.698. The Balaban J connectivity index is 2.12. The van der Waals surface area contributed by atoms with Gasteiger partial charge in [0.25, 0.3) is 0 Å². The van der Waals surface area contributed by atoms with Gasteiger partial charge in [-0.1, -0.05) is 0 Å². The molecule has 1 aromatic carbocycles. The fourth-order valence-corrected chi connectivity index (χ4v) is 1.53. The highest BCUT2D eigenvalue weighted by atomic mass is 19.1. The summed E-state index contributed by atoms with van der Waals surface area (Å²) in [6, 6.07) is 5.83. The van der Waals surface area contributed by atoms with E-state index in [-0.39, 0.29) is 6.61 Å². The Morgan fingerprint density at radius 3 is 3.23 bits per heavy atom. The van der Waals surface area contributed by atoms with E-state index in [0.29, 0.717) is 0 Å². The van der Waals surface area contributed by atoms with Crippen molar-refractivity contribution in [1.29, 1.82) is 0 Å². The largest absolute Gasteiger partial charge is 0.491 e. The molecule has 1 aromatic rings. The van der Waals surface area contributed by atoms with Crippen LogP contribution in [0, 0.1) is 0 Å². The van der Waals surface area contributed by atoms with Crippen LogP contribution in [0.2, 0.25) is 0 Å². The summed E-state index contributed by atoms with van der Waals surface area (Å²) in [4.78, 5) is 0. The first-order valence-corrected chi connectivity index (χ1v) is 4.46. The van der Waals surface area contributed by atoms with Crippen LogP contribution in [0.25, 0.3) is 0 Å². The summed E-state index contributed by atoms with van der Waals surface area (Å²) in [5, 5.41) is 3.25. The van der Waals surface area contributed by atoms with Gasteiger partial charge < -0.3 is 10.1 Å². The van der Waals surface area contributed by atoms with Gasteiger partial charge in [-0.2, -0.15) is 0 Å². The molecule has 0 radical (unpaired) electrons. The highest BCUT2D eigenvalue weighted by Crippen LogP contribution is 2.26. The molecule has 3 heteroatoms. The van der Waals surface area contributed by atoms with E-state index >= 15 is 0 Å². The topological polar surface area (TPSA) is 21.3 Å². The molecule has 0 amide bonds. The Morgan fingerprint density at radius 1 is 1.46 bits per heavy atom. The molecule has 2 rings (SSSR count). The van der Waals surface area contributed by atoms with Gasteiger partial charge in [-0.15, -0.1) is 0 Å². The van der Waals surface area contributed by atoms with Crippen LogP contribution in [0.4, 0.5) is 10.1 Å². The van der Waals surface area contributed by atoms with Crippen molar-refractivity contribution in [3.63, 3.8) is 0 Å². The zero-order valence-corrected chi connectivity index (χ0v) is 7.35. The molecule has 13 heavy (non-hydrogen) atoms. The van der Waals surface area contributed by atoms with Gasteiger partial charge in [0.15, 0.2) is 0 Å². The summed E-state index contributed by atoms with van der Waals surface area (Å²) in [5.74, 6) is 0.764. The summed E-state index contributed by atoms with van der Waals surface area (Å²) in [5.41, 5.74) is 2.43. The van der Waals surface area contributed by atoms with Crippen molar-refractivity contribution < 1.29 is 9.13 Å². The van der Waals surface area contributed by atoms with E-state index in [1.54, 1.807) is 0 Å². The Kier molecular flexibility index (Phi) is 2.34. The number of hydrogen-bond acceptors (Lipinski definition) is 2. The second-order valence-electron chi connectivity index (χ2n) is 3.03. The molecule has 0 saturated carbocycles. The van der Waals surface area contributed by atoms with E-state index in [1.807, 2.05) is 18.2 Å². The van der Waals surface area contributed by atoms with Crippen molar-refractivity contribution in [3.8, 4) is 5.75 Å². The molecule has 0 bridgehead atoms. The molecular weight excluding hydrogens is 169 g/mol. The van der Waals surface area contributed by atoms with Gasteiger partial charge in [0.2, 0.25) is 0 Å². The summed E-state index contributed by atoms with van der Waals surface area (Å²) in [6.07, 6.45) is 1.03. The number of anilines is 1. The minimum atomic E-state index is -0.435. The Morgan fingerprint density at radius 2 is 2.38 bits per heavy atom. The fourth-order valence-electron chi connectivity index (χ4n) is 1.53. The van der Waals surface area contributed by atoms with Crippen LogP contribution >= 0.6 is 0 Å². The molecule has 0 saturated heterocycles. The van der Waals surface area contributed by atoms with E-state index < -0.39 is 6.67 Å². The van der Waals surface area contributed by atoms with Crippen LogP contribution in [0.1, 0.15) is 5.56 Å². The normalized spacial score (nSPS) is 13.6. The standard InChI is InChI=1S/C10H12FNO/c11-4-6-13-9-1-2-10-8(7-9)3-5-12-10/h1-2,7,12H,3-6H2. The molecule has 1 aliphatic heterocycles. The van der Waals surface area contributed by atoms with Gasteiger partial charge in [-0.25, -0.2) is 4.39 Å². The molecule has 1 heterocycles. The van der Waals surface area contributed by atoms with Crippen LogP contribution < -0.4 is 10.1 Å². The lowest BCUT2D eigenvalue weighted by Gasteiger charge is -2.05. The quantitative estimate of drug-likeness (QED) is 0.770. The maximum Gasteiger partial charge on any atom is 0.123 e. The highest BCUT2D eigenvalue weighted by molar-refractivity contribution is 5.57. The van der Waals surface area contributed by atoms with Gasteiger partial charge in [-0.05, 0) is 30.2 Å². The first kappa shape index (κ1) is 8.35. The average molecular weight is 181 g/mol. The van der Waals surface area contributed by atoms with Gasteiger partial charge in [0, 0.05) is 12.2 Å². The van der Waals surface area contributed by atoms with E-state index in [1.165, 1.54) is 11.3 Å². The van der Waals surface area contributed by atoms with E-state index in [4.69, 9.17) is 4.74 Å². The lowest BCUT2D eigenvalue weighted by atomic mass is 10.1. The highest BCUT2D eigenvalue weighted by Gasteiger charge is 2.09. The van der Waals surface area contributed by atoms with E-state index in [9.17, 15) is 4.39 Å². The first-order valence-electron chi connectivity index (χ1n) is 4.46. The minimum Gasteiger partial charge on any atom is -0.491 e. The molecule has 0 aliphatic carbocycles. The number of benzene rings is 1. The third kappa shape index (κ3) is 1.74. The van der Waals surface area contributed by atoms with Crippen LogP contribution in [-0.4, -0.2) is 19.8 Å². The number of ether oxygens (including phenoxy) is 1. The SMILES string of the molecule is FCCOc1ccc2c(c1)CCN2. The zero-order valence-electron chi connectivity index (χ0n) is 7.35. The second-order valence-corrected chi connectivity index (χ2v) is 3.03. The maximum absolute atomic E-state index is 11.8. The van der Waals surface area contributed by atoms with Crippen LogP contribution in [0.15, 0.2) is 18.2 Å². The predicted octanol–water partition coefficient (Wildman–Crippen LogP) is 2.00. The number of alkyl halides is 1. The van der Waals surface area contributed by atoms with Gasteiger partial charge >= 0.3 is 0 Å². The zero-order chi connectivity index (χ0) is 9.10. The molecule has 1 aliphatic rings. The molecule has 2 nitrogen and oxygen atoms in total. The number of hydrogen-bond donors (Lipinski definition) is 1. The molecule has 0 atom stereocenters. The van der Waals surface area contributed by atoms with Gasteiger partial charge in [-0.3, -0.25) is 0 Å². The molecule has 70 valence electrons. The molecule has 0 fully saturated rings. The third-order valence-electron chi connectivity index (χ3n) is 2.13. The van der Waals surface area contributed by atoms with Crippen LogP contribution in [0.3, 0.4) is 0 Å². The summed E-state index contributed by atoms with van der Waals surface area (Å²) < 4.78 is 17.0. The Hall–Kier alpha value is -1.25. The number of fused-ring (bicyclic) bond motifs is 1. The molecule has 0 unspecified atom stereocenters. The molecule has 0 aromatic heterocycles. The molecule has 0 spiro atoms. The first-order chi connectivity index (χ1) is 6.40. The van der Waals surface area contributed by atoms with E-state index in [2.05, 4.69) is 5.32 Å². The van der Waals surface area contributed by atoms with Crippen molar-refractivity contribution in [2.45, 2.75) is 6.42 Å². The summed E-state index contributed by atoms with van der Waals surface area (Å²) >= 11 is 0. The minimum absolute atomic E-state index is 0.145. The van der Waals surface area contributed by atoms with Crippen LogP contribution in [0.5, 0.6) is 5.75 Å². The lowest BCUT2D eigenvalue weighted by Crippen LogP contribution is -1.98. The smallest absolute Gasteiger partial charge is 0.123 e. The van der Waals surface area contributed by atoms with Crippen molar-refractivity contribution in [2.24, 2.45) is 0 Å². The Bertz CT molecular complexity index is 301. The third-order valence-corrected chi connectivity index (χ3v) is 2.13. The van der Waals surface area contributed by atoms with E-state index in [0.717, 1.165) is 18.7 Å². The van der Waals surface area contributed by atoms with Crippen molar-refractivity contribution in [3.05, 3.63) is 23.8 Å². The number of rotatable bonds is 3. The van der Waals surface area contributed by atoms with Crippen molar-refractivity contribution in [2.75, 3.05) is 25.1 Å². The number of nitrogens with one attached hydrogen (secondary N) is 1. The van der Waals surface area contributed by atoms with Crippen molar-refractivity contribution in [1.82, 2.24) is 0 Å². The monoisotopic (exact) mass is 181 g/mol. The van der Waals surface area contributed by atoms with Gasteiger partial charge in [0.05, 0.1) is 0 Å². The fraction of sp³-hybridized carbons (Fsp3) is 0.400. The van der Waals surface area contributed by atoms with Crippen molar-refractivity contribution >= 4 is 5.69 Å². The number of halogens is 1. The predicted molar refractivity (Wildman–Crippen MR) is 50.1 cm³/mol. The molecule has 1 N–H and O–H groups in total. The summed E-state index contributed by atoms with van der Waals surface area (Å²) in [7, 11) is 0. The van der Waals surface area contributed by atoms with Gasteiger partial charge in [0.1, 0.15) is 19.0 Å².